The molecular formula is C15H25F2NO2. The molecule has 0 aliphatic heterocycles. The van der Waals surface area contributed by atoms with Crippen LogP contribution in [-0.2, 0) is 9.47 Å². The minimum absolute atomic E-state index is 0.0124. The van der Waals surface area contributed by atoms with Gasteiger partial charge in [-0.25, -0.2) is 4.39 Å². The third-order valence-corrected chi connectivity index (χ3v) is 2.47. The number of hydrogen-bond donors (Lipinski definition) is 1. The molecule has 0 amide bonds. The van der Waals surface area contributed by atoms with E-state index in [1.807, 2.05) is 12.2 Å². The van der Waals surface area contributed by atoms with Crippen molar-refractivity contribution >= 4 is 0 Å². The molecule has 0 spiro atoms. The molecular weight excluding hydrogens is 264 g/mol. The summed E-state index contributed by atoms with van der Waals surface area (Å²) in [6.07, 6.45) is 7.84. The molecule has 0 aromatic heterocycles. The summed E-state index contributed by atoms with van der Waals surface area (Å²) in [4.78, 5) is 0. The van der Waals surface area contributed by atoms with Gasteiger partial charge < -0.3 is 14.8 Å². The number of nitrogens with one attached hydrogen (secondary N) is 1. The van der Waals surface area contributed by atoms with E-state index < -0.39 is 11.7 Å². The fourth-order valence-electron chi connectivity index (χ4n) is 1.39. The molecule has 116 valence electrons. The van der Waals surface area contributed by atoms with Crippen LogP contribution in [0.15, 0.2) is 35.8 Å². The molecule has 0 bridgehead atoms. The Bertz CT molecular complexity index is 339. The summed E-state index contributed by atoms with van der Waals surface area (Å²) in [7, 11) is 3.27. The van der Waals surface area contributed by atoms with E-state index in [9.17, 15) is 8.78 Å². The number of hydrogen-bond acceptors (Lipinski definition) is 3. The molecule has 0 radical (unpaired) electrons. The van der Waals surface area contributed by atoms with Crippen LogP contribution in [-0.4, -0.2) is 27.4 Å². The Kier molecular flexibility index (Phi) is 11.8. The highest BCUT2D eigenvalue weighted by Crippen LogP contribution is 2.20. The van der Waals surface area contributed by atoms with Crippen LogP contribution in [0.4, 0.5) is 8.78 Å². The summed E-state index contributed by atoms with van der Waals surface area (Å²) >= 11 is 0. The molecule has 20 heavy (non-hydrogen) atoms. The van der Waals surface area contributed by atoms with Crippen molar-refractivity contribution in [1.82, 2.24) is 5.32 Å². The van der Waals surface area contributed by atoms with Crippen molar-refractivity contribution in [2.45, 2.75) is 32.6 Å². The van der Waals surface area contributed by atoms with Crippen molar-refractivity contribution in [2.24, 2.45) is 0 Å². The van der Waals surface area contributed by atoms with Crippen molar-refractivity contribution in [2.75, 3.05) is 27.4 Å². The third-order valence-electron chi connectivity index (χ3n) is 2.47. The number of ether oxygens (including phenoxy) is 2. The summed E-state index contributed by atoms with van der Waals surface area (Å²) in [5.74, 6) is -1.82. The molecule has 0 aliphatic rings. The quantitative estimate of drug-likeness (QED) is 0.270. The average molecular weight is 289 g/mol. The number of rotatable bonds is 11. The lowest BCUT2D eigenvalue weighted by atomic mass is 10.2. The Morgan fingerprint density at radius 2 is 1.85 bits per heavy atom. The van der Waals surface area contributed by atoms with Gasteiger partial charge in [0.05, 0.1) is 6.61 Å². The van der Waals surface area contributed by atoms with Crippen molar-refractivity contribution in [1.29, 1.82) is 0 Å². The summed E-state index contributed by atoms with van der Waals surface area (Å²) in [5, 5.41) is 2.65. The smallest absolute Gasteiger partial charge is 0.197 e. The summed E-state index contributed by atoms with van der Waals surface area (Å²) < 4.78 is 37.0. The highest BCUT2D eigenvalue weighted by molar-refractivity contribution is 5.21. The van der Waals surface area contributed by atoms with E-state index in [-0.39, 0.29) is 12.2 Å². The summed E-state index contributed by atoms with van der Waals surface area (Å²) in [6, 6.07) is 0. The Morgan fingerprint density at radius 1 is 1.15 bits per heavy atom. The molecule has 0 rings (SSSR count). The maximum Gasteiger partial charge on any atom is 0.197 e. The van der Waals surface area contributed by atoms with E-state index in [0.29, 0.717) is 13.2 Å². The molecule has 0 aromatic rings. The van der Waals surface area contributed by atoms with Gasteiger partial charge in [0.25, 0.3) is 0 Å². The third kappa shape index (κ3) is 8.69. The van der Waals surface area contributed by atoms with Gasteiger partial charge in [-0.05, 0) is 25.7 Å². The van der Waals surface area contributed by atoms with Crippen molar-refractivity contribution in [3.8, 4) is 0 Å². The highest BCUT2D eigenvalue weighted by Gasteiger charge is 2.11. The second-order valence-electron chi connectivity index (χ2n) is 4.11. The normalized spacial score (nSPS) is 13.6. The molecule has 0 aliphatic carbocycles. The van der Waals surface area contributed by atoms with Gasteiger partial charge in [0.2, 0.25) is 0 Å². The molecule has 1 N–H and O–H groups in total. The number of allylic oxidation sites excluding steroid dienone is 3. The van der Waals surface area contributed by atoms with Crippen LogP contribution in [0.5, 0.6) is 0 Å². The van der Waals surface area contributed by atoms with Gasteiger partial charge in [-0.15, -0.1) is 0 Å². The zero-order valence-electron chi connectivity index (χ0n) is 12.5. The number of halogens is 2. The average Bonchev–Trinajstić information content (AvgIpc) is 2.47. The standard InChI is InChI=1S/C15H25F2NO2/c1-4-13(16)15(17)14(12-18-2)20-11-9-7-5-6-8-10-19-3/h5-6,12,18H,4,7-11H2,1-3H3/b6-5+,14-12+,15-13-. The van der Waals surface area contributed by atoms with Gasteiger partial charge in [0, 0.05) is 27.0 Å². The van der Waals surface area contributed by atoms with Gasteiger partial charge in [0.1, 0.15) is 5.83 Å². The minimum Gasteiger partial charge on any atom is -0.489 e. The molecule has 5 heteroatoms. The molecule has 0 saturated heterocycles. The monoisotopic (exact) mass is 289 g/mol. The molecule has 3 nitrogen and oxygen atoms in total. The van der Waals surface area contributed by atoms with E-state index in [1.54, 1.807) is 21.1 Å². The van der Waals surface area contributed by atoms with E-state index >= 15 is 0 Å². The molecule has 0 unspecified atom stereocenters. The Labute approximate surface area is 120 Å². The zero-order valence-corrected chi connectivity index (χ0v) is 12.5. The van der Waals surface area contributed by atoms with Crippen molar-refractivity contribution < 1.29 is 18.3 Å². The zero-order chi connectivity index (χ0) is 15.2. The first-order chi connectivity index (χ1) is 9.67. The number of methoxy groups -OCH3 is 1. The lowest BCUT2D eigenvalue weighted by Gasteiger charge is -2.09. The van der Waals surface area contributed by atoms with Gasteiger partial charge >= 0.3 is 0 Å². The van der Waals surface area contributed by atoms with Crippen molar-refractivity contribution in [3.63, 3.8) is 0 Å². The largest absolute Gasteiger partial charge is 0.489 e. The van der Waals surface area contributed by atoms with E-state index in [1.165, 1.54) is 6.20 Å². The lowest BCUT2D eigenvalue weighted by Crippen LogP contribution is -2.03. The maximum absolute atomic E-state index is 13.6. The summed E-state index contributed by atoms with van der Waals surface area (Å²) in [5.41, 5.74) is 0. The van der Waals surface area contributed by atoms with E-state index in [2.05, 4.69) is 5.32 Å². The van der Waals surface area contributed by atoms with Gasteiger partial charge in [-0.3, -0.25) is 0 Å². The van der Waals surface area contributed by atoms with Crippen LogP contribution in [0, 0.1) is 0 Å². The number of unbranched alkanes of at least 4 members (excludes halogenated alkanes) is 1. The second kappa shape index (κ2) is 12.7. The molecule has 0 fully saturated rings. The Hall–Kier alpha value is -1.36. The topological polar surface area (TPSA) is 30.5 Å². The van der Waals surface area contributed by atoms with Gasteiger partial charge in [-0.2, -0.15) is 4.39 Å². The molecule has 0 heterocycles. The van der Waals surface area contributed by atoms with Crippen LogP contribution in [0.2, 0.25) is 0 Å². The van der Waals surface area contributed by atoms with Crippen LogP contribution < -0.4 is 5.32 Å². The second-order valence-corrected chi connectivity index (χ2v) is 4.11. The molecule has 0 aromatic carbocycles. The Morgan fingerprint density at radius 3 is 2.45 bits per heavy atom. The van der Waals surface area contributed by atoms with Gasteiger partial charge in [0.15, 0.2) is 11.6 Å². The predicted molar refractivity (Wildman–Crippen MR) is 77.5 cm³/mol. The first-order valence-corrected chi connectivity index (χ1v) is 6.86. The maximum atomic E-state index is 13.6. The predicted octanol–water partition coefficient (Wildman–Crippen LogP) is 4.00. The van der Waals surface area contributed by atoms with Crippen LogP contribution in [0.1, 0.15) is 32.6 Å². The first-order valence-electron chi connectivity index (χ1n) is 6.86. The fourth-order valence-corrected chi connectivity index (χ4v) is 1.39. The SMILES string of the molecule is CC/C(F)=C(F)\C(=C/NC)OCCC/C=C/CCOC. The fraction of sp³-hybridized carbons (Fsp3) is 0.600. The Balaban J connectivity index is 4.07. The molecule has 0 atom stereocenters. The van der Waals surface area contributed by atoms with E-state index in [0.717, 1.165) is 19.3 Å². The van der Waals surface area contributed by atoms with Crippen LogP contribution in [0.3, 0.4) is 0 Å². The lowest BCUT2D eigenvalue weighted by molar-refractivity contribution is 0.200. The van der Waals surface area contributed by atoms with Crippen LogP contribution in [0.25, 0.3) is 0 Å². The van der Waals surface area contributed by atoms with Crippen molar-refractivity contribution in [3.05, 3.63) is 35.8 Å². The highest BCUT2D eigenvalue weighted by atomic mass is 19.2. The minimum atomic E-state index is -0.933. The summed E-state index contributed by atoms with van der Waals surface area (Å²) in [6.45, 7) is 2.59. The van der Waals surface area contributed by atoms with Gasteiger partial charge in [-0.1, -0.05) is 19.1 Å². The van der Waals surface area contributed by atoms with Crippen LogP contribution >= 0.6 is 0 Å². The van der Waals surface area contributed by atoms with E-state index in [4.69, 9.17) is 9.47 Å². The molecule has 0 saturated carbocycles. The first kappa shape index (κ1) is 18.6.